The molecule has 6 nitrogen and oxygen atoms in total. The number of hydrazone groups is 1. The summed E-state index contributed by atoms with van der Waals surface area (Å²) in [6.07, 6.45) is 2.30. The SMILES string of the molecule is CCOc1ccc(Cl)cc1C=C1C(=N)N2N=C(CC)SC2=NC1=O. The second-order valence-electron chi connectivity index (χ2n) is 4.98. The minimum Gasteiger partial charge on any atom is -0.493 e. The first kappa shape index (κ1) is 16.7. The minimum absolute atomic E-state index is 0.00312. The number of hydrogen-bond donors (Lipinski definition) is 1. The van der Waals surface area contributed by atoms with Gasteiger partial charge in [0.05, 0.1) is 12.2 Å². The predicted molar refractivity (Wildman–Crippen MR) is 97.9 cm³/mol. The number of carbonyl (C=O) groups is 1. The van der Waals surface area contributed by atoms with Crippen molar-refractivity contribution in [1.29, 1.82) is 5.41 Å². The van der Waals surface area contributed by atoms with Crippen molar-refractivity contribution in [2.45, 2.75) is 20.3 Å². The Bertz CT molecular complexity index is 816. The van der Waals surface area contributed by atoms with E-state index in [1.807, 2.05) is 13.8 Å². The molecule has 2 heterocycles. The lowest BCUT2D eigenvalue weighted by Crippen LogP contribution is -2.35. The van der Waals surface area contributed by atoms with E-state index in [0.29, 0.717) is 28.1 Å². The van der Waals surface area contributed by atoms with Crippen LogP contribution < -0.4 is 4.74 Å². The molecule has 3 rings (SSSR count). The van der Waals surface area contributed by atoms with Crippen LogP contribution in [0.15, 0.2) is 33.9 Å². The van der Waals surface area contributed by atoms with E-state index in [4.69, 9.17) is 21.7 Å². The number of halogens is 1. The zero-order valence-electron chi connectivity index (χ0n) is 13.2. The Labute approximate surface area is 148 Å². The molecular formula is C16H15ClN4O2S. The molecule has 1 N–H and O–H groups in total. The summed E-state index contributed by atoms with van der Waals surface area (Å²) in [5, 5.41) is 15.8. The van der Waals surface area contributed by atoms with E-state index >= 15 is 0 Å². The normalized spacial score (nSPS) is 18.6. The molecule has 8 heteroatoms. The molecule has 1 amide bonds. The Morgan fingerprint density at radius 1 is 1.42 bits per heavy atom. The van der Waals surface area contributed by atoms with Gasteiger partial charge in [0.1, 0.15) is 10.8 Å². The van der Waals surface area contributed by atoms with Crippen molar-refractivity contribution in [3.05, 3.63) is 34.4 Å². The molecule has 0 bridgehead atoms. The van der Waals surface area contributed by atoms with Crippen molar-refractivity contribution in [3.8, 4) is 5.75 Å². The summed E-state index contributed by atoms with van der Waals surface area (Å²) >= 11 is 7.36. The summed E-state index contributed by atoms with van der Waals surface area (Å²) in [6, 6.07) is 5.15. The molecule has 2 aliphatic heterocycles. The molecule has 0 saturated heterocycles. The zero-order chi connectivity index (χ0) is 17.3. The Morgan fingerprint density at radius 3 is 2.92 bits per heavy atom. The van der Waals surface area contributed by atoms with Crippen LogP contribution in [-0.4, -0.2) is 33.6 Å². The maximum Gasteiger partial charge on any atom is 0.283 e. The van der Waals surface area contributed by atoms with E-state index in [1.165, 1.54) is 16.8 Å². The van der Waals surface area contributed by atoms with Gasteiger partial charge in [-0.25, -0.2) is 0 Å². The molecule has 0 fully saturated rings. The van der Waals surface area contributed by atoms with Gasteiger partial charge >= 0.3 is 0 Å². The molecule has 2 aliphatic rings. The van der Waals surface area contributed by atoms with Gasteiger partial charge in [-0.1, -0.05) is 18.5 Å². The molecule has 1 aromatic carbocycles. The molecular weight excluding hydrogens is 348 g/mol. The van der Waals surface area contributed by atoms with Gasteiger partial charge < -0.3 is 4.74 Å². The van der Waals surface area contributed by atoms with Crippen LogP contribution in [0.5, 0.6) is 5.75 Å². The van der Waals surface area contributed by atoms with E-state index in [9.17, 15) is 4.79 Å². The molecule has 0 aromatic heterocycles. The van der Waals surface area contributed by atoms with Gasteiger partial charge in [0.2, 0.25) is 5.17 Å². The fourth-order valence-electron chi connectivity index (χ4n) is 2.25. The maximum absolute atomic E-state index is 12.3. The highest BCUT2D eigenvalue weighted by Crippen LogP contribution is 2.31. The number of benzene rings is 1. The second kappa shape index (κ2) is 6.78. The quantitative estimate of drug-likeness (QED) is 0.827. The smallest absolute Gasteiger partial charge is 0.283 e. The van der Waals surface area contributed by atoms with E-state index in [0.717, 1.165) is 11.5 Å². The Kier molecular flexibility index (Phi) is 4.73. The summed E-state index contributed by atoms with van der Waals surface area (Å²) in [5.74, 6) is 0.135. The van der Waals surface area contributed by atoms with Gasteiger partial charge in [-0.15, -0.1) is 0 Å². The minimum atomic E-state index is -0.464. The molecule has 0 aliphatic carbocycles. The van der Waals surface area contributed by atoms with Crippen molar-refractivity contribution in [3.63, 3.8) is 0 Å². The Hall–Kier alpha value is -2.12. The number of fused-ring (bicyclic) bond motifs is 1. The standard InChI is InChI=1S/C16H15ClN4O2S/c1-3-13-20-21-14(18)11(15(22)19-16(21)24-13)8-9-7-10(17)5-6-12(9)23-4-2/h5-8,18H,3-4H2,1-2H3. The van der Waals surface area contributed by atoms with Crippen LogP contribution >= 0.6 is 23.4 Å². The average Bonchev–Trinajstić information content (AvgIpc) is 2.97. The third-order valence-corrected chi connectivity index (χ3v) is 4.66. The summed E-state index contributed by atoms with van der Waals surface area (Å²) in [4.78, 5) is 16.4. The summed E-state index contributed by atoms with van der Waals surface area (Å²) < 4.78 is 5.56. The van der Waals surface area contributed by atoms with Crippen LogP contribution in [0.1, 0.15) is 25.8 Å². The van der Waals surface area contributed by atoms with Crippen molar-refractivity contribution in [2.75, 3.05) is 6.61 Å². The van der Waals surface area contributed by atoms with Crippen molar-refractivity contribution >= 4 is 51.4 Å². The predicted octanol–water partition coefficient (Wildman–Crippen LogP) is 3.77. The highest BCUT2D eigenvalue weighted by Gasteiger charge is 2.35. The van der Waals surface area contributed by atoms with Crippen LogP contribution in [0.3, 0.4) is 0 Å². The number of amides is 1. The van der Waals surface area contributed by atoms with Gasteiger partial charge in [0, 0.05) is 10.6 Å². The number of nitrogens with one attached hydrogen (secondary N) is 1. The molecule has 0 saturated carbocycles. The lowest BCUT2D eigenvalue weighted by Gasteiger charge is -2.20. The van der Waals surface area contributed by atoms with E-state index in [2.05, 4.69) is 10.1 Å². The number of hydrogen-bond acceptors (Lipinski definition) is 5. The zero-order valence-corrected chi connectivity index (χ0v) is 14.7. The van der Waals surface area contributed by atoms with Crippen LogP contribution in [0.25, 0.3) is 6.08 Å². The van der Waals surface area contributed by atoms with Crippen molar-refractivity contribution in [2.24, 2.45) is 10.1 Å². The van der Waals surface area contributed by atoms with Crippen molar-refractivity contribution < 1.29 is 9.53 Å². The Balaban J connectivity index is 2.02. The number of rotatable bonds is 4. The fraction of sp³-hybridized carbons (Fsp3) is 0.250. The average molecular weight is 363 g/mol. The molecule has 1 aromatic rings. The topological polar surface area (TPSA) is 78.1 Å². The van der Waals surface area contributed by atoms with Gasteiger partial charge in [-0.3, -0.25) is 10.2 Å². The van der Waals surface area contributed by atoms with Crippen LogP contribution in [0.4, 0.5) is 0 Å². The first-order chi connectivity index (χ1) is 11.5. The largest absolute Gasteiger partial charge is 0.493 e. The van der Waals surface area contributed by atoms with Gasteiger partial charge in [-0.05, 0) is 49.4 Å². The molecule has 0 atom stereocenters. The molecule has 0 unspecified atom stereocenters. The number of ether oxygens (including phenoxy) is 1. The third-order valence-electron chi connectivity index (χ3n) is 3.37. The van der Waals surface area contributed by atoms with E-state index in [1.54, 1.807) is 24.3 Å². The van der Waals surface area contributed by atoms with E-state index < -0.39 is 5.91 Å². The number of carbonyl (C=O) groups excluding carboxylic acids is 1. The number of thioether (sulfide) groups is 1. The summed E-state index contributed by atoms with van der Waals surface area (Å²) in [6.45, 7) is 4.32. The van der Waals surface area contributed by atoms with Crippen LogP contribution in [0.2, 0.25) is 5.02 Å². The Morgan fingerprint density at radius 2 is 2.21 bits per heavy atom. The number of aliphatic imine (C=N–C) groups is 1. The second-order valence-corrected chi connectivity index (χ2v) is 6.46. The van der Waals surface area contributed by atoms with E-state index in [-0.39, 0.29) is 11.4 Å². The first-order valence-electron chi connectivity index (χ1n) is 7.45. The molecule has 0 spiro atoms. The third kappa shape index (κ3) is 3.09. The highest BCUT2D eigenvalue weighted by molar-refractivity contribution is 8.26. The van der Waals surface area contributed by atoms with Gasteiger partial charge in [0.25, 0.3) is 5.91 Å². The lowest BCUT2D eigenvalue weighted by molar-refractivity contribution is -0.114. The maximum atomic E-state index is 12.3. The van der Waals surface area contributed by atoms with Crippen LogP contribution in [0, 0.1) is 5.41 Å². The monoisotopic (exact) mass is 362 g/mol. The highest BCUT2D eigenvalue weighted by atomic mass is 35.5. The van der Waals surface area contributed by atoms with Crippen molar-refractivity contribution in [1.82, 2.24) is 5.01 Å². The number of amidine groups is 2. The summed E-state index contributed by atoms with van der Waals surface area (Å²) in [7, 11) is 0. The fourth-order valence-corrected chi connectivity index (χ4v) is 3.25. The first-order valence-corrected chi connectivity index (χ1v) is 8.64. The van der Waals surface area contributed by atoms with Gasteiger partial charge in [0.15, 0.2) is 5.84 Å². The molecule has 124 valence electrons. The molecule has 0 radical (unpaired) electrons. The van der Waals surface area contributed by atoms with Gasteiger partial charge in [-0.2, -0.15) is 15.1 Å². The van der Waals surface area contributed by atoms with Crippen LogP contribution in [-0.2, 0) is 4.79 Å². The number of nitrogens with zero attached hydrogens (tertiary/aromatic N) is 3. The lowest BCUT2D eigenvalue weighted by atomic mass is 10.1. The molecule has 24 heavy (non-hydrogen) atoms. The summed E-state index contributed by atoms with van der Waals surface area (Å²) in [5.41, 5.74) is 0.784.